The number of fused-ring (bicyclic) bond motifs is 1. The van der Waals surface area contributed by atoms with Crippen molar-refractivity contribution in [2.75, 3.05) is 18.2 Å². The predicted molar refractivity (Wildman–Crippen MR) is 75.1 cm³/mol. The Morgan fingerprint density at radius 1 is 1.65 bits per heavy atom. The Kier molecular flexibility index (Phi) is 4.12. The summed E-state index contributed by atoms with van der Waals surface area (Å²) in [5, 5.41) is 11.6. The molecular formula is C11H13BrN2O5S. The molecule has 2 amide bonds. The summed E-state index contributed by atoms with van der Waals surface area (Å²) in [6.45, 7) is 1.28. The van der Waals surface area contributed by atoms with Gasteiger partial charge in [-0.1, -0.05) is 15.9 Å². The largest absolute Gasteiger partial charge is 0.477 e. The molecule has 0 radical (unpaired) electrons. The lowest BCUT2D eigenvalue weighted by Crippen LogP contribution is -2.80. The van der Waals surface area contributed by atoms with Crippen LogP contribution in [0.15, 0.2) is 11.3 Å². The van der Waals surface area contributed by atoms with Crippen LogP contribution >= 0.6 is 27.7 Å². The van der Waals surface area contributed by atoms with Gasteiger partial charge in [-0.25, -0.2) is 4.79 Å². The minimum Gasteiger partial charge on any atom is -0.477 e. The van der Waals surface area contributed by atoms with Gasteiger partial charge in [-0.15, -0.1) is 11.8 Å². The zero-order chi connectivity index (χ0) is 15.1. The lowest BCUT2D eigenvalue weighted by Gasteiger charge is -2.55. The molecule has 9 heteroatoms. The molecule has 20 heavy (non-hydrogen) atoms. The number of nitrogens with zero attached hydrogens (tertiary/aromatic N) is 1. The Labute approximate surface area is 127 Å². The highest BCUT2D eigenvalue weighted by molar-refractivity contribution is 9.09. The molecule has 0 spiro atoms. The van der Waals surface area contributed by atoms with Crippen LogP contribution < -0.4 is 5.32 Å². The number of hydrogen-bond acceptors (Lipinski definition) is 5. The van der Waals surface area contributed by atoms with E-state index in [9.17, 15) is 19.5 Å². The second kappa shape index (κ2) is 5.38. The number of aliphatic carboxylic acids is 1. The van der Waals surface area contributed by atoms with Crippen LogP contribution in [0.1, 0.15) is 6.92 Å². The number of rotatable bonds is 4. The number of hydrogen-bond donors (Lipinski definition) is 2. The average Bonchev–Trinajstić information content (AvgIpc) is 2.42. The first-order valence-electron chi connectivity index (χ1n) is 5.69. The Bertz CT molecular complexity index is 523. The number of halogens is 1. The van der Waals surface area contributed by atoms with Crippen molar-refractivity contribution in [2.45, 2.75) is 18.0 Å². The monoisotopic (exact) mass is 364 g/mol. The summed E-state index contributed by atoms with van der Waals surface area (Å²) in [5.41, 5.74) is -0.886. The van der Waals surface area contributed by atoms with Crippen molar-refractivity contribution >= 4 is 45.5 Å². The van der Waals surface area contributed by atoms with Crippen LogP contribution in [0.5, 0.6) is 0 Å². The molecule has 0 aromatic heterocycles. The van der Waals surface area contributed by atoms with Gasteiger partial charge < -0.3 is 15.2 Å². The normalized spacial score (nSPS) is 28.9. The number of amides is 2. The molecule has 2 rings (SSSR count). The maximum atomic E-state index is 12.3. The molecule has 2 aliphatic rings. The summed E-state index contributed by atoms with van der Waals surface area (Å²) in [6.07, 6.45) is 0. The second-order valence-electron chi connectivity index (χ2n) is 4.35. The minimum absolute atomic E-state index is 0.0337. The Morgan fingerprint density at radius 3 is 2.75 bits per heavy atom. The van der Waals surface area contributed by atoms with E-state index in [1.807, 2.05) is 0 Å². The van der Waals surface area contributed by atoms with Crippen LogP contribution in [0.25, 0.3) is 0 Å². The Hall–Kier alpha value is -1.06. The Balaban J connectivity index is 2.40. The Morgan fingerprint density at radius 2 is 2.30 bits per heavy atom. The highest BCUT2D eigenvalue weighted by Gasteiger charge is 2.66. The molecule has 0 bridgehead atoms. The zero-order valence-electron chi connectivity index (χ0n) is 10.8. The number of thioether (sulfide) groups is 1. The van der Waals surface area contributed by atoms with Gasteiger partial charge in [-0.05, 0) is 5.57 Å². The summed E-state index contributed by atoms with van der Waals surface area (Å²) < 4.78 is 5.19. The molecule has 110 valence electrons. The van der Waals surface area contributed by atoms with Crippen molar-refractivity contribution in [3.63, 3.8) is 0 Å². The van der Waals surface area contributed by atoms with Crippen LogP contribution in [-0.4, -0.2) is 57.1 Å². The van der Waals surface area contributed by atoms with Gasteiger partial charge in [0, 0.05) is 25.1 Å². The first kappa shape index (κ1) is 15.3. The summed E-state index contributed by atoms with van der Waals surface area (Å²) in [5.74, 6) is -1.69. The summed E-state index contributed by atoms with van der Waals surface area (Å²) in [7, 11) is 1.32. The third-order valence-corrected chi connectivity index (χ3v) is 5.21. The first-order chi connectivity index (χ1) is 9.39. The molecule has 1 saturated heterocycles. The minimum atomic E-state index is -1.48. The molecule has 0 aliphatic carbocycles. The van der Waals surface area contributed by atoms with Crippen molar-refractivity contribution in [1.82, 2.24) is 10.2 Å². The highest BCUT2D eigenvalue weighted by Crippen LogP contribution is 2.46. The molecule has 0 unspecified atom stereocenters. The van der Waals surface area contributed by atoms with E-state index in [4.69, 9.17) is 4.74 Å². The fourth-order valence-electron chi connectivity index (χ4n) is 2.31. The molecule has 2 heterocycles. The van der Waals surface area contributed by atoms with Gasteiger partial charge in [0.2, 0.25) is 5.91 Å². The molecular weight excluding hydrogens is 352 g/mol. The van der Waals surface area contributed by atoms with E-state index in [0.29, 0.717) is 16.7 Å². The number of alkyl halides is 1. The zero-order valence-corrected chi connectivity index (χ0v) is 13.2. The van der Waals surface area contributed by atoms with Crippen molar-refractivity contribution in [3.05, 3.63) is 11.3 Å². The number of carbonyl (C=O) groups excluding carboxylic acids is 2. The van der Waals surface area contributed by atoms with Crippen LogP contribution in [0.2, 0.25) is 0 Å². The molecule has 0 aromatic carbocycles. The highest BCUT2D eigenvalue weighted by atomic mass is 79.9. The summed E-state index contributed by atoms with van der Waals surface area (Å²) >= 11 is 4.58. The number of nitrogens with one attached hydrogen (secondary N) is 1. The van der Waals surface area contributed by atoms with Crippen LogP contribution in [0.3, 0.4) is 0 Å². The molecule has 7 nitrogen and oxygen atoms in total. The molecule has 2 aliphatic heterocycles. The maximum absolute atomic E-state index is 12.3. The van der Waals surface area contributed by atoms with Crippen LogP contribution in [0.4, 0.5) is 0 Å². The van der Waals surface area contributed by atoms with Crippen molar-refractivity contribution in [2.24, 2.45) is 0 Å². The topological polar surface area (TPSA) is 95.9 Å². The maximum Gasteiger partial charge on any atom is 0.352 e. The van der Waals surface area contributed by atoms with Crippen LogP contribution in [0, 0.1) is 0 Å². The first-order valence-corrected chi connectivity index (χ1v) is 7.86. The van der Waals surface area contributed by atoms with Gasteiger partial charge in [0.05, 0.1) is 0 Å². The fraction of sp³-hybridized carbons (Fsp3) is 0.545. The number of methoxy groups -OCH3 is 1. The van der Waals surface area contributed by atoms with Gasteiger partial charge in [0.1, 0.15) is 11.1 Å². The van der Waals surface area contributed by atoms with E-state index in [2.05, 4.69) is 21.2 Å². The number of carboxylic acid groups (broad SMARTS) is 1. The third-order valence-electron chi connectivity index (χ3n) is 3.16. The third kappa shape index (κ3) is 2.04. The quantitative estimate of drug-likeness (QED) is 0.417. The SMILES string of the molecule is CO[C@@]1(NC(C)=O)C(=O)N2C(C(=O)O)=C(CBr)CS[C@H]21. The van der Waals surface area contributed by atoms with Crippen molar-refractivity contribution in [3.8, 4) is 0 Å². The molecule has 1 fully saturated rings. The summed E-state index contributed by atoms with van der Waals surface area (Å²) in [6, 6.07) is 0. The lowest BCUT2D eigenvalue weighted by molar-refractivity contribution is -0.192. The molecule has 2 N–H and O–H groups in total. The van der Waals surface area contributed by atoms with Gasteiger partial charge in [0.25, 0.3) is 11.6 Å². The van der Waals surface area contributed by atoms with E-state index in [1.54, 1.807) is 0 Å². The molecule has 2 atom stereocenters. The average molecular weight is 365 g/mol. The van der Waals surface area contributed by atoms with E-state index >= 15 is 0 Å². The van der Waals surface area contributed by atoms with E-state index in [1.165, 1.54) is 30.7 Å². The van der Waals surface area contributed by atoms with E-state index in [0.717, 1.165) is 0 Å². The fourth-order valence-corrected chi connectivity index (χ4v) is 4.47. The van der Waals surface area contributed by atoms with E-state index in [-0.39, 0.29) is 5.70 Å². The van der Waals surface area contributed by atoms with Gasteiger partial charge in [-0.2, -0.15) is 0 Å². The number of β-lactam (4-membered cyclic amide) rings is 1. The lowest BCUT2D eigenvalue weighted by atomic mass is 9.98. The molecule has 0 saturated carbocycles. The van der Waals surface area contributed by atoms with Gasteiger partial charge >= 0.3 is 5.97 Å². The standard InChI is InChI=1S/C11H13BrN2O5S/c1-5(15)13-11(19-2)9(18)14-7(8(16)17)6(3-12)4-20-10(11)14/h10H,3-4H2,1-2H3,(H,13,15)(H,16,17)/t10-,11-/m0/s1. The smallest absolute Gasteiger partial charge is 0.352 e. The van der Waals surface area contributed by atoms with E-state index < -0.39 is 28.9 Å². The number of carbonyl (C=O) groups is 3. The van der Waals surface area contributed by atoms with Crippen molar-refractivity contribution in [1.29, 1.82) is 0 Å². The predicted octanol–water partition coefficient (Wildman–Crippen LogP) is 0.114. The van der Waals surface area contributed by atoms with Gasteiger partial charge in [0.15, 0.2) is 0 Å². The second-order valence-corrected chi connectivity index (χ2v) is 5.98. The van der Waals surface area contributed by atoms with Crippen LogP contribution in [-0.2, 0) is 19.1 Å². The van der Waals surface area contributed by atoms with Gasteiger partial charge in [-0.3, -0.25) is 14.5 Å². The number of ether oxygens (including phenoxy) is 1. The van der Waals surface area contributed by atoms with Crippen molar-refractivity contribution < 1.29 is 24.2 Å². The summed E-state index contributed by atoms with van der Waals surface area (Å²) in [4.78, 5) is 36.1. The molecule has 0 aromatic rings. The number of carboxylic acids is 1.